The Labute approximate surface area is 130 Å². The molecule has 0 fully saturated rings. The van der Waals surface area contributed by atoms with Gasteiger partial charge in [0, 0.05) is 23.8 Å². The van der Waals surface area contributed by atoms with Gasteiger partial charge in [0.2, 0.25) is 10.0 Å². The number of nitrogen functional groups attached to an aromatic ring is 1. The van der Waals surface area contributed by atoms with Gasteiger partial charge in [-0.2, -0.15) is 4.31 Å². The van der Waals surface area contributed by atoms with Gasteiger partial charge in [-0.1, -0.05) is 29.8 Å². The molecule has 0 heterocycles. The van der Waals surface area contributed by atoms with Crippen molar-refractivity contribution in [3.05, 3.63) is 59.1 Å². The summed E-state index contributed by atoms with van der Waals surface area (Å²) in [7, 11) is -2.05. The zero-order chi connectivity index (χ0) is 15.6. The highest BCUT2D eigenvalue weighted by Gasteiger charge is 2.26. The number of sulfonamides is 1. The summed E-state index contributed by atoms with van der Waals surface area (Å²) in [4.78, 5) is 0.186. The Kier molecular flexibility index (Phi) is 4.56. The molecular formula is C15H17ClN2O2S. The second kappa shape index (κ2) is 6.05. The second-order valence-electron chi connectivity index (χ2n) is 4.82. The number of nitrogens with zero attached hydrogens (tertiary/aromatic N) is 1. The summed E-state index contributed by atoms with van der Waals surface area (Å²) in [5, 5.41) is 0.618. The number of halogens is 1. The van der Waals surface area contributed by atoms with Gasteiger partial charge in [0.05, 0.1) is 4.90 Å². The molecule has 2 N–H and O–H groups in total. The fourth-order valence-corrected chi connectivity index (χ4v) is 3.53. The van der Waals surface area contributed by atoms with Gasteiger partial charge in [-0.25, -0.2) is 8.42 Å². The van der Waals surface area contributed by atoms with Gasteiger partial charge in [-0.3, -0.25) is 0 Å². The van der Waals surface area contributed by atoms with Gasteiger partial charge in [0.25, 0.3) is 0 Å². The summed E-state index contributed by atoms with van der Waals surface area (Å²) in [5.41, 5.74) is 6.95. The molecule has 6 heteroatoms. The third-order valence-electron chi connectivity index (χ3n) is 3.43. The topological polar surface area (TPSA) is 63.4 Å². The van der Waals surface area contributed by atoms with Crippen LogP contribution in [0.25, 0.3) is 0 Å². The molecule has 2 rings (SSSR count). The molecule has 0 aliphatic heterocycles. The molecule has 112 valence electrons. The fourth-order valence-electron chi connectivity index (χ4n) is 2.00. The van der Waals surface area contributed by atoms with Gasteiger partial charge >= 0.3 is 0 Å². The third kappa shape index (κ3) is 3.37. The first-order valence-electron chi connectivity index (χ1n) is 6.41. The van der Waals surface area contributed by atoms with Gasteiger partial charge in [0.1, 0.15) is 0 Å². The Morgan fingerprint density at radius 1 is 1.14 bits per heavy atom. The third-order valence-corrected chi connectivity index (χ3v) is 5.61. The van der Waals surface area contributed by atoms with Crippen molar-refractivity contribution in [2.45, 2.75) is 17.9 Å². The van der Waals surface area contributed by atoms with Crippen LogP contribution in [-0.4, -0.2) is 19.8 Å². The van der Waals surface area contributed by atoms with Gasteiger partial charge in [-0.05, 0) is 42.8 Å². The highest BCUT2D eigenvalue weighted by Crippen LogP contribution is 2.27. The van der Waals surface area contributed by atoms with Crippen molar-refractivity contribution in [2.24, 2.45) is 0 Å². The fraction of sp³-hybridized carbons (Fsp3) is 0.200. The lowest BCUT2D eigenvalue weighted by molar-refractivity contribution is 0.398. The number of benzene rings is 2. The van der Waals surface area contributed by atoms with Crippen molar-refractivity contribution < 1.29 is 8.42 Å². The highest BCUT2D eigenvalue weighted by atomic mass is 35.5. The van der Waals surface area contributed by atoms with Crippen LogP contribution in [-0.2, 0) is 10.0 Å². The average Bonchev–Trinajstić information content (AvgIpc) is 2.46. The Hall–Kier alpha value is -1.56. The Bertz CT molecular complexity index is 730. The predicted molar refractivity (Wildman–Crippen MR) is 85.7 cm³/mol. The summed E-state index contributed by atoms with van der Waals surface area (Å²) >= 11 is 5.85. The minimum absolute atomic E-state index is 0.186. The quantitative estimate of drug-likeness (QED) is 0.878. The number of hydrogen-bond acceptors (Lipinski definition) is 3. The van der Waals surface area contributed by atoms with Crippen LogP contribution in [0, 0.1) is 0 Å². The van der Waals surface area contributed by atoms with Crippen molar-refractivity contribution in [1.29, 1.82) is 0 Å². The SMILES string of the molecule is CC(c1ccc(Cl)cc1)N(C)S(=O)(=O)c1cccc(N)c1. The van der Waals surface area contributed by atoms with Crippen molar-refractivity contribution in [3.8, 4) is 0 Å². The van der Waals surface area contributed by atoms with Crippen molar-refractivity contribution in [3.63, 3.8) is 0 Å². The smallest absolute Gasteiger partial charge is 0.243 e. The Morgan fingerprint density at radius 2 is 1.76 bits per heavy atom. The zero-order valence-corrected chi connectivity index (χ0v) is 13.4. The normalized spacial score (nSPS) is 13.3. The van der Waals surface area contributed by atoms with E-state index >= 15 is 0 Å². The van der Waals surface area contributed by atoms with Gasteiger partial charge in [0.15, 0.2) is 0 Å². The minimum atomic E-state index is -3.60. The first-order chi connectivity index (χ1) is 9.82. The van der Waals surface area contributed by atoms with Gasteiger partial charge < -0.3 is 5.73 Å². The molecule has 0 radical (unpaired) electrons. The summed E-state index contributed by atoms with van der Waals surface area (Å²) in [6.07, 6.45) is 0. The molecule has 0 amide bonds. The lowest BCUT2D eigenvalue weighted by Gasteiger charge is -2.25. The first-order valence-corrected chi connectivity index (χ1v) is 8.23. The molecule has 4 nitrogen and oxygen atoms in total. The molecule has 0 saturated carbocycles. The van der Waals surface area contributed by atoms with Gasteiger partial charge in [-0.15, -0.1) is 0 Å². The van der Waals surface area contributed by atoms with E-state index in [0.29, 0.717) is 10.7 Å². The summed E-state index contributed by atoms with van der Waals surface area (Å²) in [5.74, 6) is 0. The van der Waals surface area contributed by atoms with Crippen LogP contribution in [0.15, 0.2) is 53.4 Å². The summed E-state index contributed by atoms with van der Waals surface area (Å²) in [6, 6.07) is 13.1. The van der Waals surface area contributed by atoms with E-state index in [1.807, 2.05) is 19.1 Å². The molecule has 21 heavy (non-hydrogen) atoms. The molecule has 1 unspecified atom stereocenters. The van der Waals surface area contributed by atoms with Crippen LogP contribution >= 0.6 is 11.6 Å². The van der Waals surface area contributed by atoms with E-state index in [1.54, 1.807) is 31.3 Å². The molecule has 0 spiro atoms. The number of nitrogens with two attached hydrogens (primary N) is 1. The van der Waals surface area contributed by atoms with E-state index in [-0.39, 0.29) is 10.9 Å². The molecule has 2 aromatic carbocycles. The number of hydrogen-bond donors (Lipinski definition) is 1. The second-order valence-corrected chi connectivity index (χ2v) is 7.26. The maximum absolute atomic E-state index is 12.6. The minimum Gasteiger partial charge on any atom is -0.399 e. The lowest BCUT2D eigenvalue weighted by Crippen LogP contribution is -2.29. The maximum atomic E-state index is 12.6. The molecule has 0 aliphatic carbocycles. The number of rotatable bonds is 4. The van der Waals surface area contributed by atoms with Crippen molar-refractivity contribution in [1.82, 2.24) is 4.31 Å². The molecule has 0 aliphatic rings. The summed E-state index contributed by atoms with van der Waals surface area (Å²) < 4.78 is 26.5. The molecule has 0 saturated heterocycles. The van der Waals surface area contributed by atoms with Crippen LogP contribution in [0.1, 0.15) is 18.5 Å². The first kappa shape index (κ1) is 15.8. The van der Waals surface area contributed by atoms with E-state index in [1.165, 1.54) is 16.4 Å². The van der Waals surface area contributed by atoms with Crippen molar-refractivity contribution in [2.75, 3.05) is 12.8 Å². The van der Waals surface area contributed by atoms with Crippen LogP contribution in [0.3, 0.4) is 0 Å². The van der Waals surface area contributed by atoms with Crippen LogP contribution in [0.4, 0.5) is 5.69 Å². The highest BCUT2D eigenvalue weighted by molar-refractivity contribution is 7.89. The lowest BCUT2D eigenvalue weighted by atomic mass is 10.1. The van der Waals surface area contributed by atoms with E-state index in [4.69, 9.17) is 17.3 Å². The molecule has 1 atom stereocenters. The van der Waals surface area contributed by atoms with Crippen LogP contribution < -0.4 is 5.73 Å². The average molecular weight is 325 g/mol. The Balaban J connectivity index is 2.33. The maximum Gasteiger partial charge on any atom is 0.243 e. The number of anilines is 1. The van der Waals surface area contributed by atoms with E-state index in [9.17, 15) is 8.42 Å². The molecular weight excluding hydrogens is 308 g/mol. The van der Waals surface area contributed by atoms with E-state index in [0.717, 1.165) is 5.56 Å². The predicted octanol–water partition coefficient (Wildman–Crippen LogP) is 3.30. The van der Waals surface area contributed by atoms with Crippen LogP contribution in [0.2, 0.25) is 5.02 Å². The molecule has 0 aromatic heterocycles. The van der Waals surface area contributed by atoms with E-state index in [2.05, 4.69) is 0 Å². The molecule has 2 aromatic rings. The Morgan fingerprint density at radius 3 is 2.33 bits per heavy atom. The summed E-state index contributed by atoms with van der Waals surface area (Å²) in [6.45, 7) is 1.83. The zero-order valence-electron chi connectivity index (χ0n) is 11.8. The van der Waals surface area contributed by atoms with E-state index < -0.39 is 10.0 Å². The monoisotopic (exact) mass is 324 g/mol. The van der Waals surface area contributed by atoms with Crippen LogP contribution in [0.5, 0.6) is 0 Å². The largest absolute Gasteiger partial charge is 0.399 e. The van der Waals surface area contributed by atoms with Crippen molar-refractivity contribution >= 4 is 27.3 Å². The molecule has 0 bridgehead atoms. The standard InChI is InChI=1S/C15H17ClN2O2S/c1-11(12-6-8-13(16)9-7-12)18(2)21(19,20)15-5-3-4-14(17)10-15/h3-11H,17H2,1-2H3.